The van der Waals surface area contributed by atoms with E-state index in [1.165, 1.54) is 16.8 Å². The molecule has 3 aliphatic rings. The molecule has 7 nitrogen and oxygen atoms in total. The van der Waals surface area contributed by atoms with E-state index in [-0.39, 0.29) is 12.1 Å². The van der Waals surface area contributed by atoms with Gasteiger partial charge in [-0.3, -0.25) is 9.88 Å². The summed E-state index contributed by atoms with van der Waals surface area (Å²) in [5.41, 5.74) is 12.9. The molecule has 6 rings (SSSR count). The van der Waals surface area contributed by atoms with Crippen LogP contribution in [0.25, 0.3) is 10.9 Å². The summed E-state index contributed by atoms with van der Waals surface area (Å²) in [4.78, 5) is 12.0. The SMILES string of the molecule is CO[C@@H]1CN(c2ccc3c(c2)CN2[C@H](C)CN(c4ccc(C#N)c5ncccc45)C[C@H]32)C[C@@H]1N. The molecule has 3 aliphatic heterocycles. The van der Waals surface area contributed by atoms with E-state index in [0.717, 1.165) is 49.3 Å². The molecule has 3 aromatic rings. The second-order valence-electron chi connectivity index (χ2n) is 9.81. The van der Waals surface area contributed by atoms with Crippen molar-refractivity contribution in [1.82, 2.24) is 9.88 Å². The van der Waals surface area contributed by atoms with E-state index in [9.17, 15) is 5.26 Å². The van der Waals surface area contributed by atoms with E-state index in [1.54, 1.807) is 13.3 Å². The Hall–Kier alpha value is -3.18. The van der Waals surface area contributed by atoms with E-state index in [2.05, 4.69) is 63.0 Å². The number of anilines is 2. The van der Waals surface area contributed by atoms with Gasteiger partial charge in [-0.1, -0.05) is 6.07 Å². The van der Waals surface area contributed by atoms with Crippen LogP contribution in [0.5, 0.6) is 0 Å². The maximum absolute atomic E-state index is 9.53. The molecule has 0 aliphatic carbocycles. The van der Waals surface area contributed by atoms with Crippen molar-refractivity contribution in [3.63, 3.8) is 0 Å². The summed E-state index contributed by atoms with van der Waals surface area (Å²) in [6.45, 7) is 6.84. The van der Waals surface area contributed by atoms with Crippen molar-refractivity contribution in [3.05, 3.63) is 65.4 Å². The van der Waals surface area contributed by atoms with Gasteiger partial charge in [-0.15, -0.1) is 0 Å². The second-order valence-corrected chi connectivity index (χ2v) is 9.81. The lowest BCUT2D eigenvalue weighted by atomic mass is 9.99. The van der Waals surface area contributed by atoms with Crippen molar-refractivity contribution >= 4 is 22.3 Å². The van der Waals surface area contributed by atoms with Crippen molar-refractivity contribution in [3.8, 4) is 6.07 Å². The third-order valence-electron chi connectivity index (χ3n) is 7.87. The third-order valence-corrected chi connectivity index (χ3v) is 7.87. The number of hydrogen-bond acceptors (Lipinski definition) is 7. The Morgan fingerprint density at radius 3 is 2.76 bits per heavy atom. The molecule has 0 bridgehead atoms. The maximum atomic E-state index is 9.53. The van der Waals surface area contributed by atoms with Crippen molar-refractivity contribution in [1.29, 1.82) is 5.26 Å². The van der Waals surface area contributed by atoms with E-state index in [0.29, 0.717) is 17.6 Å². The fourth-order valence-electron chi connectivity index (χ4n) is 6.09. The lowest BCUT2D eigenvalue weighted by Crippen LogP contribution is -2.51. The number of rotatable bonds is 3. The Labute approximate surface area is 200 Å². The highest BCUT2D eigenvalue weighted by Gasteiger charge is 2.40. The first kappa shape index (κ1) is 21.4. The summed E-state index contributed by atoms with van der Waals surface area (Å²) in [6, 6.07) is 18.1. The van der Waals surface area contributed by atoms with Crippen LogP contribution in [-0.4, -0.2) is 61.4 Å². The Kier molecular flexibility index (Phi) is 5.18. The van der Waals surface area contributed by atoms with Gasteiger partial charge < -0.3 is 20.3 Å². The summed E-state index contributed by atoms with van der Waals surface area (Å²) in [6.07, 6.45) is 1.85. The monoisotopic (exact) mass is 454 g/mol. The smallest absolute Gasteiger partial charge is 0.101 e. The summed E-state index contributed by atoms with van der Waals surface area (Å²) >= 11 is 0. The van der Waals surface area contributed by atoms with Gasteiger partial charge in [-0.25, -0.2) is 0 Å². The summed E-state index contributed by atoms with van der Waals surface area (Å²) in [7, 11) is 1.75. The molecular weight excluding hydrogens is 424 g/mol. The lowest BCUT2D eigenvalue weighted by molar-refractivity contribution is 0.108. The van der Waals surface area contributed by atoms with Crippen molar-refractivity contribution in [2.75, 3.05) is 43.1 Å². The average Bonchev–Trinajstić information content (AvgIpc) is 3.43. The van der Waals surface area contributed by atoms with Crippen LogP contribution in [0.15, 0.2) is 48.7 Å². The summed E-state index contributed by atoms with van der Waals surface area (Å²) < 4.78 is 5.56. The van der Waals surface area contributed by atoms with Crippen LogP contribution >= 0.6 is 0 Å². The molecular formula is C27H30N6O. The zero-order valence-corrected chi connectivity index (χ0v) is 19.7. The molecule has 4 heterocycles. The van der Waals surface area contributed by atoms with Crippen LogP contribution in [0.4, 0.5) is 11.4 Å². The van der Waals surface area contributed by atoms with Gasteiger partial charge >= 0.3 is 0 Å². The molecule has 4 atom stereocenters. The second kappa shape index (κ2) is 8.24. The highest BCUT2D eigenvalue weighted by Crippen LogP contribution is 2.42. The van der Waals surface area contributed by atoms with Crippen LogP contribution < -0.4 is 15.5 Å². The lowest BCUT2D eigenvalue weighted by Gasteiger charge is -2.43. The minimum atomic E-state index is 0.0508. The number of pyridine rings is 1. The first-order chi connectivity index (χ1) is 16.6. The van der Waals surface area contributed by atoms with Gasteiger partial charge in [0.05, 0.1) is 29.3 Å². The van der Waals surface area contributed by atoms with Gasteiger partial charge in [0.25, 0.3) is 0 Å². The number of hydrogen-bond donors (Lipinski definition) is 1. The van der Waals surface area contributed by atoms with Crippen LogP contribution in [0.1, 0.15) is 29.7 Å². The van der Waals surface area contributed by atoms with Gasteiger partial charge in [0, 0.05) is 68.8 Å². The van der Waals surface area contributed by atoms with Crippen molar-refractivity contribution < 1.29 is 4.74 Å². The fourth-order valence-corrected chi connectivity index (χ4v) is 6.09. The molecule has 0 radical (unpaired) electrons. The minimum Gasteiger partial charge on any atom is -0.378 e. The van der Waals surface area contributed by atoms with Gasteiger partial charge in [-0.2, -0.15) is 5.26 Å². The Balaban J connectivity index is 1.31. The van der Waals surface area contributed by atoms with Crippen LogP contribution in [0, 0.1) is 11.3 Å². The summed E-state index contributed by atoms with van der Waals surface area (Å²) in [5.74, 6) is 0. The molecule has 2 fully saturated rings. The van der Waals surface area contributed by atoms with E-state index >= 15 is 0 Å². The Bertz CT molecular complexity index is 1290. The number of nitrogens with zero attached hydrogens (tertiary/aromatic N) is 5. The number of fused-ring (bicyclic) bond motifs is 4. The molecule has 7 heteroatoms. The topological polar surface area (TPSA) is 81.7 Å². The van der Waals surface area contributed by atoms with Gasteiger partial charge in [0.15, 0.2) is 0 Å². The number of ether oxygens (including phenoxy) is 1. The molecule has 0 spiro atoms. The number of methoxy groups -OCH3 is 1. The quantitative estimate of drug-likeness (QED) is 0.651. The highest BCUT2D eigenvalue weighted by atomic mass is 16.5. The molecule has 2 aromatic carbocycles. The first-order valence-electron chi connectivity index (χ1n) is 12.0. The van der Waals surface area contributed by atoms with Crippen LogP contribution in [0.2, 0.25) is 0 Å². The van der Waals surface area contributed by atoms with Crippen molar-refractivity contribution in [2.24, 2.45) is 5.73 Å². The molecule has 0 amide bonds. The molecule has 1 aromatic heterocycles. The number of piperazine rings is 1. The number of nitrogens with two attached hydrogens (primary N) is 1. The van der Waals surface area contributed by atoms with Gasteiger partial charge in [-0.05, 0) is 54.4 Å². The fraction of sp³-hybridized carbons (Fsp3) is 0.407. The molecule has 2 N–H and O–H groups in total. The number of nitriles is 1. The Morgan fingerprint density at radius 2 is 1.97 bits per heavy atom. The minimum absolute atomic E-state index is 0.0508. The van der Waals surface area contributed by atoms with E-state index in [4.69, 9.17) is 10.5 Å². The number of aromatic nitrogens is 1. The standard InChI is InChI=1S/C27H30N6O/c1-17-12-32(24-8-5-18(11-28)27-22(24)4-3-9-30-27)15-25-21-7-6-20(10-19(21)13-33(17)25)31-14-23(29)26(16-31)34-2/h3-10,17,23,25-26H,12-16,29H2,1-2H3/t17-,23+,25-,26-/m1/s1. The first-order valence-corrected chi connectivity index (χ1v) is 12.0. The van der Waals surface area contributed by atoms with Gasteiger partial charge in [0.1, 0.15) is 6.07 Å². The van der Waals surface area contributed by atoms with Crippen LogP contribution in [0.3, 0.4) is 0 Å². The molecule has 2 saturated heterocycles. The number of benzene rings is 2. The van der Waals surface area contributed by atoms with Gasteiger partial charge in [0.2, 0.25) is 0 Å². The van der Waals surface area contributed by atoms with Crippen molar-refractivity contribution in [2.45, 2.75) is 37.7 Å². The molecule has 174 valence electrons. The predicted octanol–water partition coefficient (Wildman–Crippen LogP) is 3.03. The largest absolute Gasteiger partial charge is 0.378 e. The van der Waals surface area contributed by atoms with E-state index in [1.807, 2.05) is 12.1 Å². The summed E-state index contributed by atoms with van der Waals surface area (Å²) in [5, 5.41) is 10.6. The Morgan fingerprint density at radius 1 is 1.09 bits per heavy atom. The molecule has 0 unspecified atom stereocenters. The maximum Gasteiger partial charge on any atom is 0.101 e. The predicted molar refractivity (Wildman–Crippen MR) is 134 cm³/mol. The van der Waals surface area contributed by atoms with Crippen LogP contribution in [-0.2, 0) is 11.3 Å². The third kappa shape index (κ3) is 3.33. The highest BCUT2D eigenvalue weighted by molar-refractivity contribution is 5.95. The zero-order chi connectivity index (χ0) is 23.4. The zero-order valence-electron chi connectivity index (χ0n) is 19.7. The molecule has 0 saturated carbocycles. The average molecular weight is 455 g/mol. The normalized spacial score (nSPS) is 26.5. The molecule has 34 heavy (non-hydrogen) atoms. The van der Waals surface area contributed by atoms with E-state index < -0.39 is 0 Å².